The van der Waals surface area contributed by atoms with Gasteiger partial charge in [0.1, 0.15) is 11.6 Å². The molecule has 1 aromatic heterocycles. The summed E-state index contributed by atoms with van der Waals surface area (Å²) in [6.45, 7) is 3.41. The molecule has 0 saturated carbocycles. The second-order valence-corrected chi connectivity index (χ2v) is 5.28. The molecule has 2 aromatic rings. The highest BCUT2D eigenvalue weighted by atomic mass is 19.1. The molecule has 0 atom stereocenters. The van der Waals surface area contributed by atoms with Crippen LogP contribution in [-0.4, -0.2) is 35.5 Å². The number of likely N-dealkylation sites (N-methyl/N-ethyl adjacent to an activating group) is 1. The zero-order valence-corrected chi connectivity index (χ0v) is 13.2. The predicted molar refractivity (Wildman–Crippen MR) is 82.3 cm³/mol. The van der Waals surface area contributed by atoms with Gasteiger partial charge in [-0.25, -0.2) is 4.39 Å². The Bertz CT molecular complexity index is 690. The summed E-state index contributed by atoms with van der Waals surface area (Å²) < 4.78 is 17.8. The van der Waals surface area contributed by atoms with Crippen LogP contribution in [0.25, 0.3) is 0 Å². The lowest BCUT2D eigenvalue weighted by Gasteiger charge is -2.16. The van der Waals surface area contributed by atoms with Crippen molar-refractivity contribution in [2.75, 3.05) is 18.9 Å². The lowest BCUT2D eigenvalue weighted by molar-refractivity contribution is -0.132. The maximum absolute atomic E-state index is 12.8. The fourth-order valence-electron chi connectivity index (χ4n) is 2.08. The third-order valence-corrected chi connectivity index (χ3v) is 3.44. The minimum Gasteiger partial charge on any atom is -0.361 e. The van der Waals surface area contributed by atoms with Crippen molar-refractivity contribution in [3.05, 3.63) is 47.1 Å². The second kappa shape index (κ2) is 7.04. The molecule has 0 unspecified atom stereocenters. The Kier molecular flexibility index (Phi) is 5.10. The number of aromatic nitrogens is 1. The summed E-state index contributed by atoms with van der Waals surface area (Å²) in [4.78, 5) is 25.4. The molecule has 0 aliphatic carbocycles. The van der Waals surface area contributed by atoms with Crippen molar-refractivity contribution in [3.8, 4) is 0 Å². The van der Waals surface area contributed by atoms with Gasteiger partial charge in [0, 0.05) is 18.3 Å². The van der Waals surface area contributed by atoms with Gasteiger partial charge in [-0.15, -0.1) is 0 Å². The monoisotopic (exact) mass is 319 g/mol. The predicted octanol–water partition coefficient (Wildman–Crippen LogP) is 2.07. The van der Waals surface area contributed by atoms with Gasteiger partial charge in [-0.1, -0.05) is 5.16 Å². The Morgan fingerprint density at radius 3 is 2.48 bits per heavy atom. The first-order valence-electron chi connectivity index (χ1n) is 7.08. The minimum atomic E-state index is -0.380. The van der Waals surface area contributed by atoms with E-state index in [0.29, 0.717) is 17.1 Å². The highest BCUT2D eigenvalue weighted by Crippen LogP contribution is 2.14. The largest absolute Gasteiger partial charge is 0.361 e. The van der Waals surface area contributed by atoms with Crippen LogP contribution >= 0.6 is 0 Å². The number of nitrogens with one attached hydrogen (secondary N) is 1. The average Bonchev–Trinajstić information content (AvgIpc) is 2.81. The van der Waals surface area contributed by atoms with Gasteiger partial charge in [0.2, 0.25) is 11.8 Å². The third-order valence-electron chi connectivity index (χ3n) is 3.44. The SMILES string of the molecule is Cc1noc(C)c1CC(=O)N(C)CC(=O)Nc1ccc(F)cc1. The van der Waals surface area contributed by atoms with Gasteiger partial charge < -0.3 is 14.7 Å². The van der Waals surface area contributed by atoms with Crippen molar-refractivity contribution >= 4 is 17.5 Å². The number of benzene rings is 1. The van der Waals surface area contributed by atoms with Crippen LogP contribution in [0.4, 0.5) is 10.1 Å². The molecule has 0 aliphatic heterocycles. The molecular weight excluding hydrogens is 301 g/mol. The zero-order chi connectivity index (χ0) is 17.0. The quantitative estimate of drug-likeness (QED) is 0.915. The van der Waals surface area contributed by atoms with E-state index in [1.807, 2.05) is 0 Å². The van der Waals surface area contributed by atoms with Crippen molar-refractivity contribution in [2.45, 2.75) is 20.3 Å². The van der Waals surface area contributed by atoms with E-state index in [4.69, 9.17) is 4.52 Å². The van der Waals surface area contributed by atoms with E-state index in [0.717, 1.165) is 5.56 Å². The smallest absolute Gasteiger partial charge is 0.243 e. The fraction of sp³-hybridized carbons (Fsp3) is 0.312. The number of halogens is 1. The molecule has 0 fully saturated rings. The highest BCUT2D eigenvalue weighted by Gasteiger charge is 2.18. The summed E-state index contributed by atoms with van der Waals surface area (Å²) in [5.74, 6) is -0.352. The van der Waals surface area contributed by atoms with Crippen LogP contribution in [0.2, 0.25) is 0 Å². The summed E-state index contributed by atoms with van der Waals surface area (Å²) in [6.07, 6.45) is 0.126. The number of nitrogens with zero attached hydrogens (tertiary/aromatic N) is 2. The summed E-state index contributed by atoms with van der Waals surface area (Å²) in [5, 5.41) is 6.40. The van der Waals surface area contributed by atoms with E-state index in [1.54, 1.807) is 20.9 Å². The Morgan fingerprint density at radius 2 is 1.91 bits per heavy atom. The molecule has 6 nitrogen and oxygen atoms in total. The number of amides is 2. The van der Waals surface area contributed by atoms with Gasteiger partial charge in [0.25, 0.3) is 0 Å². The van der Waals surface area contributed by atoms with Crippen LogP contribution in [0.5, 0.6) is 0 Å². The lowest BCUT2D eigenvalue weighted by atomic mass is 10.1. The number of carbonyl (C=O) groups excluding carboxylic acids is 2. The van der Waals surface area contributed by atoms with Crippen LogP contribution in [-0.2, 0) is 16.0 Å². The Hall–Kier alpha value is -2.70. The zero-order valence-electron chi connectivity index (χ0n) is 13.2. The molecule has 2 amide bonds. The van der Waals surface area contributed by atoms with Crippen molar-refractivity contribution in [1.29, 1.82) is 0 Å². The summed E-state index contributed by atoms with van der Waals surface area (Å²) in [5.41, 5.74) is 1.88. The summed E-state index contributed by atoms with van der Waals surface area (Å²) >= 11 is 0. The first kappa shape index (κ1) is 16.7. The van der Waals surface area contributed by atoms with Gasteiger partial charge in [0.05, 0.1) is 18.7 Å². The molecule has 0 bridgehead atoms. The van der Waals surface area contributed by atoms with Crippen molar-refractivity contribution < 1.29 is 18.5 Å². The van der Waals surface area contributed by atoms with Crippen LogP contribution < -0.4 is 5.32 Å². The third kappa shape index (κ3) is 4.38. The molecule has 23 heavy (non-hydrogen) atoms. The maximum atomic E-state index is 12.8. The average molecular weight is 319 g/mol. The summed E-state index contributed by atoms with van der Waals surface area (Å²) in [7, 11) is 1.55. The maximum Gasteiger partial charge on any atom is 0.243 e. The number of aryl methyl sites for hydroxylation is 2. The van der Waals surface area contributed by atoms with Gasteiger partial charge in [0.15, 0.2) is 0 Å². The van der Waals surface area contributed by atoms with Gasteiger partial charge in [-0.05, 0) is 38.1 Å². The highest BCUT2D eigenvalue weighted by molar-refractivity contribution is 5.94. The molecule has 1 aromatic carbocycles. The van der Waals surface area contributed by atoms with E-state index in [2.05, 4.69) is 10.5 Å². The Morgan fingerprint density at radius 1 is 1.26 bits per heavy atom. The molecule has 1 heterocycles. The topological polar surface area (TPSA) is 75.4 Å². The Balaban J connectivity index is 1.90. The van der Waals surface area contributed by atoms with Crippen LogP contribution in [0, 0.1) is 19.7 Å². The van der Waals surface area contributed by atoms with Crippen LogP contribution in [0.1, 0.15) is 17.0 Å². The summed E-state index contributed by atoms with van der Waals surface area (Å²) in [6, 6.07) is 5.42. The molecule has 7 heteroatoms. The van der Waals surface area contributed by atoms with Crippen molar-refractivity contribution in [3.63, 3.8) is 0 Å². The fourth-order valence-corrected chi connectivity index (χ4v) is 2.08. The molecule has 0 aliphatic rings. The van der Waals surface area contributed by atoms with Gasteiger partial charge >= 0.3 is 0 Å². The number of hydrogen-bond acceptors (Lipinski definition) is 4. The molecule has 0 spiro atoms. The molecule has 0 radical (unpaired) electrons. The number of rotatable bonds is 5. The normalized spacial score (nSPS) is 10.4. The molecule has 0 saturated heterocycles. The standard InChI is InChI=1S/C16H18FN3O3/c1-10-14(11(2)23-19-10)8-16(22)20(3)9-15(21)18-13-6-4-12(17)5-7-13/h4-7H,8-9H2,1-3H3,(H,18,21). The van der Waals surface area contributed by atoms with Gasteiger partial charge in [-0.2, -0.15) is 0 Å². The molecule has 1 N–H and O–H groups in total. The Labute approximate surface area is 133 Å². The van der Waals surface area contributed by atoms with E-state index in [-0.39, 0.29) is 30.6 Å². The van der Waals surface area contributed by atoms with Crippen LogP contribution in [0.3, 0.4) is 0 Å². The van der Waals surface area contributed by atoms with Crippen molar-refractivity contribution in [2.24, 2.45) is 0 Å². The van der Waals surface area contributed by atoms with E-state index >= 15 is 0 Å². The minimum absolute atomic E-state index is 0.0976. The van der Waals surface area contributed by atoms with Crippen molar-refractivity contribution in [1.82, 2.24) is 10.1 Å². The van der Waals surface area contributed by atoms with Crippen LogP contribution in [0.15, 0.2) is 28.8 Å². The second-order valence-electron chi connectivity index (χ2n) is 5.28. The first-order chi connectivity index (χ1) is 10.9. The lowest BCUT2D eigenvalue weighted by Crippen LogP contribution is -2.36. The van der Waals surface area contributed by atoms with E-state index in [1.165, 1.54) is 29.2 Å². The molecular formula is C16H18FN3O3. The van der Waals surface area contributed by atoms with E-state index < -0.39 is 0 Å². The van der Waals surface area contributed by atoms with Gasteiger partial charge in [-0.3, -0.25) is 9.59 Å². The molecule has 122 valence electrons. The molecule has 2 rings (SSSR count). The van der Waals surface area contributed by atoms with E-state index in [9.17, 15) is 14.0 Å². The number of hydrogen-bond donors (Lipinski definition) is 1. The number of anilines is 1. The number of carbonyl (C=O) groups is 2. The first-order valence-corrected chi connectivity index (χ1v) is 7.08.